The van der Waals surface area contributed by atoms with Gasteiger partial charge in [0.15, 0.2) is 0 Å². The molecule has 8 heteroatoms. The Hall–Kier alpha value is -3.00. The molecule has 3 aromatic rings. The van der Waals surface area contributed by atoms with Crippen LogP contribution in [-0.2, 0) is 4.79 Å². The van der Waals surface area contributed by atoms with Crippen LogP contribution in [0.4, 0.5) is 17.2 Å². The molecular formula is C19H20N6OS. The number of nitrogens with one attached hydrogen (secondary N) is 2. The van der Waals surface area contributed by atoms with E-state index in [4.69, 9.17) is 5.73 Å². The highest BCUT2D eigenvalue weighted by molar-refractivity contribution is 7.98. The predicted octanol–water partition coefficient (Wildman–Crippen LogP) is 3.25. The Bertz CT molecular complexity index is 1030. The molecule has 1 aliphatic rings. The molecule has 7 nitrogen and oxygen atoms in total. The second kappa shape index (κ2) is 7.32. The van der Waals surface area contributed by atoms with E-state index < -0.39 is 0 Å². The first-order chi connectivity index (χ1) is 13.2. The van der Waals surface area contributed by atoms with Gasteiger partial charge in [-0.2, -0.15) is 0 Å². The fourth-order valence-corrected chi connectivity index (χ4v) is 3.71. The zero-order valence-corrected chi connectivity index (χ0v) is 15.7. The van der Waals surface area contributed by atoms with Crippen molar-refractivity contribution in [3.63, 3.8) is 0 Å². The van der Waals surface area contributed by atoms with E-state index in [9.17, 15) is 4.79 Å². The lowest BCUT2D eigenvalue weighted by Crippen LogP contribution is -2.26. The van der Waals surface area contributed by atoms with Gasteiger partial charge in [0, 0.05) is 35.1 Å². The minimum atomic E-state index is 0.633. The van der Waals surface area contributed by atoms with Crippen molar-refractivity contribution in [2.75, 3.05) is 30.4 Å². The zero-order chi connectivity index (χ0) is 18.8. The molecule has 0 radical (unpaired) electrons. The van der Waals surface area contributed by atoms with Crippen LogP contribution in [0.2, 0.25) is 0 Å². The molecule has 0 unspecified atom stereocenters. The van der Waals surface area contributed by atoms with Crippen molar-refractivity contribution in [1.82, 2.24) is 19.9 Å². The van der Waals surface area contributed by atoms with Gasteiger partial charge in [0.25, 0.3) is 0 Å². The number of aromatic nitrogens is 3. The number of nitrogens with zero attached hydrogens (tertiary/aromatic N) is 3. The van der Waals surface area contributed by atoms with E-state index in [2.05, 4.69) is 32.4 Å². The second-order valence-electron chi connectivity index (χ2n) is 6.33. The Balaban J connectivity index is 1.66. The molecule has 2 aromatic heterocycles. The van der Waals surface area contributed by atoms with Gasteiger partial charge in [-0.25, -0.2) is 9.97 Å². The van der Waals surface area contributed by atoms with Crippen molar-refractivity contribution in [3.05, 3.63) is 42.4 Å². The maximum atomic E-state index is 10.9. The highest BCUT2D eigenvalue weighted by Crippen LogP contribution is 2.31. The number of anilines is 3. The summed E-state index contributed by atoms with van der Waals surface area (Å²) in [5.41, 5.74) is 10.7. The fourth-order valence-electron chi connectivity index (χ4n) is 3.16. The van der Waals surface area contributed by atoms with E-state index in [-0.39, 0.29) is 0 Å². The number of nitrogens with two attached hydrogens (primary N) is 1. The summed E-state index contributed by atoms with van der Waals surface area (Å²) < 4.78 is 0. The number of carbonyl (C=O) groups is 1. The summed E-state index contributed by atoms with van der Waals surface area (Å²) >= 11 is 1.61. The van der Waals surface area contributed by atoms with Gasteiger partial charge >= 0.3 is 0 Å². The smallest absolute Gasteiger partial charge is 0.209 e. The standard InChI is InChI=1S/C19H20N6OS/c1-27-17-8-13(2-3-15(17)20)23-18-14-9-16(24-19(14)22-10-21-18)12-4-6-25(11-26)7-5-12/h2-4,8-11H,5-7,20H2,1H3,(H2,21,22,23,24). The maximum absolute atomic E-state index is 10.9. The Kier molecular flexibility index (Phi) is 4.72. The number of aromatic amines is 1. The molecule has 0 aliphatic carbocycles. The first kappa shape index (κ1) is 17.4. The lowest BCUT2D eigenvalue weighted by Gasteiger charge is -2.21. The van der Waals surface area contributed by atoms with Gasteiger partial charge in [-0.05, 0) is 42.5 Å². The Morgan fingerprint density at radius 2 is 2.22 bits per heavy atom. The number of benzene rings is 1. The summed E-state index contributed by atoms with van der Waals surface area (Å²) in [6.45, 7) is 1.36. The van der Waals surface area contributed by atoms with Crippen LogP contribution < -0.4 is 11.1 Å². The third kappa shape index (κ3) is 3.48. The molecule has 1 amide bonds. The number of fused-ring (bicyclic) bond motifs is 1. The topological polar surface area (TPSA) is 99.9 Å². The van der Waals surface area contributed by atoms with Crippen LogP contribution in [0.15, 0.2) is 41.6 Å². The molecule has 0 saturated heterocycles. The van der Waals surface area contributed by atoms with Gasteiger partial charge in [-0.15, -0.1) is 11.8 Å². The van der Waals surface area contributed by atoms with Gasteiger partial charge in [0.2, 0.25) is 6.41 Å². The van der Waals surface area contributed by atoms with E-state index in [0.29, 0.717) is 6.54 Å². The van der Waals surface area contributed by atoms with Gasteiger partial charge in [-0.1, -0.05) is 6.08 Å². The van der Waals surface area contributed by atoms with E-state index in [1.165, 1.54) is 5.57 Å². The second-order valence-corrected chi connectivity index (χ2v) is 7.18. The normalized spacial score (nSPS) is 14.3. The number of hydrogen-bond acceptors (Lipinski definition) is 6. The third-order valence-electron chi connectivity index (χ3n) is 4.66. The Labute approximate surface area is 161 Å². The van der Waals surface area contributed by atoms with Crippen molar-refractivity contribution in [1.29, 1.82) is 0 Å². The Morgan fingerprint density at radius 1 is 1.33 bits per heavy atom. The molecule has 0 bridgehead atoms. The van der Waals surface area contributed by atoms with Crippen LogP contribution in [-0.4, -0.2) is 45.6 Å². The summed E-state index contributed by atoms with van der Waals surface area (Å²) in [5, 5.41) is 4.29. The predicted molar refractivity (Wildman–Crippen MR) is 110 cm³/mol. The zero-order valence-electron chi connectivity index (χ0n) is 14.9. The summed E-state index contributed by atoms with van der Waals surface area (Å²) in [6, 6.07) is 7.90. The third-order valence-corrected chi connectivity index (χ3v) is 5.45. The van der Waals surface area contributed by atoms with Crippen LogP contribution in [0.1, 0.15) is 12.1 Å². The van der Waals surface area contributed by atoms with Crippen molar-refractivity contribution in [2.24, 2.45) is 0 Å². The lowest BCUT2D eigenvalue weighted by molar-refractivity contribution is -0.117. The molecule has 27 heavy (non-hydrogen) atoms. The molecule has 0 saturated carbocycles. The van der Waals surface area contributed by atoms with Crippen LogP contribution >= 0.6 is 11.8 Å². The fraction of sp³-hybridized carbons (Fsp3) is 0.211. The van der Waals surface area contributed by atoms with Crippen molar-refractivity contribution in [2.45, 2.75) is 11.3 Å². The first-order valence-electron chi connectivity index (χ1n) is 8.61. The molecule has 138 valence electrons. The number of amides is 1. The van der Waals surface area contributed by atoms with Crippen LogP contribution in [0, 0.1) is 0 Å². The number of nitrogen functional groups attached to an aromatic ring is 1. The average molecular weight is 380 g/mol. The van der Waals surface area contributed by atoms with Crippen LogP contribution in [0.3, 0.4) is 0 Å². The summed E-state index contributed by atoms with van der Waals surface area (Å²) in [5.74, 6) is 0.741. The highest BCUT2D eigenvalue weighted by Gasteiger charge is 2.15. The van der Waals surface area contributed by atoms with Crippen molar-refractivity contribution in [3.8, 4) is 0 Å². The SMILES string of the molecule is CSc1cc(Nc2ncnc3[nH]c(C4=CCN(C=O)CC4)cc23)ccc1N. The van der Waals surface area contributed by atoms with Gasteiger partial charge in [0.1, 0.15) is 17.8 Å². The maximum Gasteiger partial charge on any atom is 0.209 e. The number of thioether (sulfide) groups is 1. The molecule has 4 N–H and O–H groups in total. The summed E-state index contributed by atoms with van der Waals surface area (Å²) in [4.78, 5) is 25.8. The van der Waals surface area contributed by atoms with Gasteiger partial charge < -0.3 is 20.9 Å². The van der Waals surface area contributed by atoms with E-state index in [1.54, 1.807) is 23.0 Å². The largest absolute Gasteiger partial charge is 0.398 e. The molecular weight excluding hydrogens is 360 g/mol. The number of rotatable bonds is 5. The number of H-pyrrole nitrogens is 1. The molecule has 1 aliphatic heterocycles. The van der Waals surface area contributed by atoms with E-state index >= 15 is 0 Å². The van der Waals surface area contributed by atoms with Crippen molar-refractivity contribution >= 4 is 52.0 Å². The van der Waals surface area contributed by atoms with Crippen LogP contribution in [0.25, 0.3) is 16.6 Å². The molecule has 0 fully saturated rings. The highest BCUT2D eigenvalue weighted by atomic mass is 32.2. The first-order valence-corrected chi connectivity index (χ1v) is 9.83. The molecule has 0 spiro atoms. The minimum Gasteiger partial charge on any atom is -0.398 e. The van der Waals surface area contributed by atoms with Crippen LogP contribution in [0.5, 0.6) is 0 Å². The molecule has 4 rings (SSSR count). The summed E-state index contributed by atoms with van der Waals surface area (Å²) in [7, 11) is 0. The Morgan fingerprint density at radius 3 is 2.96 bits per heavy atom. The molecule has 3 heterocycles. The average Bonchev–Trinajstić information content (AvgIpc) is 3.15. The van der Waals surface area contributed by atoms with Crippen molar-refractivity contribution < 1.29 is 4.79 Å². The number of carbonyl (C=O) groups excluding carboxylic acids is 1. The van der Waals surface area contributed by atoms with E-state index in [0.717, 1.165) is 58.2 Å². The monoisotopic (exact) mass is 380 g/mol. The molecule has 1 aromatic carbocycles. The minimum absolute atomic E-state index is 0.633. The lowest BCUT2D eigenvalue weighted by atomic mass is 10.1. The summed E-state index contributed by atoms with van der Waals surface area (Å²) in [6.07, 6.45) is 7.33. The van der Waals surface area contributed by atoms with E-state index in [1.807, 2.05) is 24.5 Å². The molecule has 0 atom stereocenters. The van der Waals surface area contributed by atoms with Gasteiger partial charge in [0.05, 0.1) is 5.39 Å². The van der Waals surface area contributed by atoms with Gasteiger partial charge in [-0.3, -0.25) is 4.79 Å². The quantitative estimate of drug-likeness (QED) is 0.357. The number of hydrogen-bond donors (Lipinski definition) is 3.